The Morgan fingerprint density at radius 2 is 2.10 bits per heavy atom. The predicted octanol–water partition coefficient (Wildman–Crippen LogP) is 1.94. The van der Waals surface area contributed by atoms with Gasteiger partial charge in [-0.15, -0.1) is 0 Å². The number of aromatic nitrogens is 1. The zero-order chi connectivity index (χ0) is 14.2. The van der Waals surface area contributed by atoms with Crippen molar-refractivity contribution >= 4 is 23.1 Å². The number of para-hydroxylation sites is 2. The van der Waals surface area contributed by atoms with Crippen molar-refractivity contribution in [3.8, 4) is 11.5 Å². The highest BCUT2D eigenvalue weighted by Crippen LogP contribution is 2.39. The highest BCUT2D eigenvalue weighted by Gasteiger charge is 2.27. The molecule has 4 rings (SSSR count). The van der Waals surface area contributed by atoms with Crippen molar-refractivity contribution in [3.05, 3.63) is 36.5 Å². The fourth-order valence-electron chi connectivity index (χ4n) is 2.52. The van der Waals surface area contributed by atoms with E-state index in [0.29, 0.717) is 29.6 Å². The Bertz CT molecular complexity index is 717. The van der Waals surface area contributed by atoms with Crippen molar-refractivity contribution in [2.24, 2.45) is 0 Å². The van der Waals surface area contributed by atoms with E-state index in [9.17, 15) is 4.79 Å². The topological polar surface area (TPSA) is 63.7 Å². The summed E-state index contributed by atoms with van der Waals surface area (Å²) in [7, 11) is 0. The van der Waals surface area contributed by atoms with Crippen molar-refractivity contribution < 1.29 is 14.3 Å². The molecule has 0 saturated carbocycles. The molecule has 106 valence electrons. The molecular formula is C15H13N3O3. The van der Waals surface area contributed by atoms with Gasteiger partial charge in [0.05, 0.1) is 24.1 Å². The van der Waals surface area contributed by atoms with Crippen LogP contribution in [0.4, 0.5) is 17.2 Å². The van der Waals surface area contributed by atoms with Crippen LogP contribution in [0.3, 0.4) is 0 Å². The summed E-state index contributed by atoms with van der Waals surface area (Å²) in [5.41, 5.74) is 1.40. The number of carbonyl (C=O) groups is 1. The Morgan fingerprint density at radius 3 is 3.05 bits per heavy atom. The second-order valence-electron chi connectivity index (χ2n) is 4.80. The molecule has 0 fully saturated rings. The number of anilines is 3. The van der Waals surface area contributed by atoms with E-state index in [0.717, 1.165) is 12.2 Å². The lowest BCUT2D eigenvalue weighted by atomic mass is 10.2. The summed E-state index contributed by atoms with van der Waals surface area (Å²) in [5, 5.41) is 3.16. The van der Waals surface area contributed by atoms with Gasteiger partial charge in [-0.3, -0.25) is 9.69 Å². The van der Waals surface area contributed by atoms with Crippen LogP contribution in [-0.2, 0) is 4.79 Å². The number of pyridine rings is 1. The maximum absolute atomic E-state index is 12.2. The molecule has 6 nitrogen and oxygen atoms in total. The first-order valence-electron chi connectivity index (χ1n) is 6.74. The minimum absolute atomic E-state index is 0.0210. The van der Waals surface area contributed by atoms with Crippen LogP contribution in [0.1, 0.15) is 0 Å². The van der Waals surface area contributed by atoms with Crippen molar-refractivity contribution in [2.75, 3.05) is 30.0 Å². The third-order valence-corrected chi connectivity index (χ3v) is 3.46. The Morgan fingerprint density at radius 1 is 1.19 bits per heavy atom. The summed E-state index contributed by atoms with van der Waals surface area (Å²) in [6.07, 6.45) is 1.67. The maximum Gasteiger partial charge on any atom is 0.269 e. The van der Waals surface area contributed by atoms with Gasteiger partial charge in [-0.2, -0.15) is 0 Å². The van der Waals surface area contributed by atoms with Gasteiger partial charge in [0.1, 0.15) is 12.4 Å². The quantitative estimate of drug-likeness (QED) is 0.866. The molecule has 6 heteroatoms. The summed E-state index contributed by atoms with van der Waals surface area (Å²) >= 11 is 0. The number of rotatable bonds is 1. The van der Waals surface area contributed by atoms with Gasteiger partial charge >= 0.3 is 0 Å². The summed E-state index contributed by atoms with van der Waals surface area (Å²) in [4.78, 5) is 18.2. The van der Waals surface area contributed by atoms with E-state index in [-0.39, 0.29) is 12.5 Å². The number of amides is 1. The zero-order valence-corrected chi connectivity index (χ0v) is 11.2. The van der Waals surface area contributed by atoms with Gasteiger partial charge in [-0.25, -0.2) is 4.98 Å². The van der Waals surface area contributed by atoms with Gasteiger partial charge in [0.25, 0.3) is 5.91 Å². The Hall–Kier alpha value is -2.76. The van der Waals surface area contributed by atoms with E-state index in [4.69, 9.17) is 9.47 Å². The lowest BCUT2D eigenvalue weighted by Gasteiger charge is -2.30. The molecule has 21 heavy (non-hydrogen) atoms. The molecule has 1 amide bonds. The van der Waals surface area contributed by atoms with E-state index in [1.54, 1.807) is 11.1 Å². The van der Waals surface area contributed by atoms with Crippen LogP contribution in [0.2, 0.25) is 0 Å². The first-order valence-corrected chi connectivity index (χ1v) is 6.74. The predicted molar refractivity (Wildman–Crippen MR) is 77.3 cm³/mol. The van der Waals surface area contributed by atoms with Gasteiger partial charge in [0.2, 0.25) is 0 Å². The van der Waals surface area contributed by atoms with Crippen LogP contribution in [0.5, 0.6) is 11.5 Å². The summed E-state index contributed by atoms with van der Waals surface area (Å²) < 4.78 is 11.0. The number of nitrogens with zero attached hydrogens (tertiary/aromatic N) is 2. The molecule has 0 radical (unpaired) electrons. The van der Waals surface area contributed by atoms with Gasteiger partial charge in [-0.05, 0) is 12.1 Å². The Labute approximate surface area is 121 Å². The van der Waals surface area contributed by atoms with Crippen molar-refractivity contribution in [3.63, 3.8) is 0 Å². The second kappa shape index (κ2) is 4.66. The minimum atomic E-state index is -0.126. The monoisotopic (exact) mass is 283 g/mol. The van der Waals surface area contributed by atoms with Crippen molar-refractivity contribution in [1.29, 1.82) is 0 Å². The number of benzene rings is 1. The number of carbonyl (C=O) groups excluding carboxylic acids is 1. The molecule has 2 aliphatic rings. The van der Waals surface area contributed by atoms with Crippen LogP contribution in [0.25, 0.3) is 0 Å². The van der Waals surface area contributed by atoms with Crippen LogP contribution in [0, 0.1) is 0 Å². The molecule has 2 aliphatic heterocycles. The average molecular weight is 283 g/mol. The molecule has 0 bridgehead atoms. The minimum Gasteiger partial charge on any atom is -0.488 e. The number of hydrogen-bond acceptors (Lipinski definition) is 5. The molecule has 1 aromatic carbocycles. The fourth-order valence-corrected chi connectivity index (χ4v) is 2.52. The van der Waals surface area contributed by atoms with E-state index < -0.39 is 0 Å². The molecule has 3 heterocycles. The van der Waals surface area contributed by atoms with E-state index >= 15 is 0 Å². The SMILES string of the molecule is O=C1COc2ccccc2N1c1cnc2c(c1)OCCN2. The first kappa shape index (κ1) is 12.0. The Kier molecular flexibility index (Phi) is 2.67. The summed E-state index contributed by atoms with van der Waals surface area (Å²) in [6, 6.07) is 9.28. The second-order valence-corrected chi connectivity index (χ2v) is 4.80. The molecular weight excluding hydrogens is 270 g/mol. The molecule has 2 aromatic rings. The Balaban J connectivity index is 1.80. The van der Waals surface area contributed by atoms with Crippen molar-refractivity contribution in [1.82, 2.24) is 4.98 Å². The fraction of sp³-hybridized carbons (Fsp3) is 0.200. The van der Waals surface area contributed by atoms with Crippen molar-refractivity contribution in [2.45, 2.75) is 0 Å². The summed E-state index contributed by atoms with van der Waals surface area (Å²) in [6.45, 7) is 1.34. The lowest BCUT2D eigenvalue weighted by molar-refractivity contribution is -0.120. The third kappa shape index (κ3) is 1.96. The van der Waals surface area contributed by atoms with E-state index in [2.05, 4.69) is 10.3 Å². The highest BCUT2D eigenvalue weighted by atomic mass is 16.5. The van der Waals surface area contributed by atoms with Crippen LogP contribution < -0.4 is 19.7 Å². The van der Waals surface area contributed by atoms with E-state index in [1.165, 1.54) is 0 Å². The molecule has 0 unspecified atom stereocenters. The molecule has 1 N–H and O–H groups in total. The normalized spacial score (nSPS) is 16.2. The molecule has 0 saturated heterocycles. The molecule has 0 atom stereocenters. The number of fused-ring (bicyclic) bond motifs is 2. The van der Waals surface area contributed by atoms with Crippen LogP contribution in [-0.4, -0.2) is 30.6 Å². The van der Waals surface area contributed by atoms with Crippen LogP contribution in [0.15, 0.2) is 36.5 Å². The smallest absolute Gasteiger partial charge is 0.269 e. The third-order valence-electron chi connectivity index (χ3n) is 3.46. The molecule has 0 aliphatic carbocycles. The first-order chi connectivity index (χ1) is 10.3. The van der Waals surface area contributed by atoms with Gasteiger partial charge in [0, 0.05) is 6.07 Å². The van der Waals surface area contributed by atoms with E-state index in [1.807, 2.05) is 30.3 Å². The summed E-state index contributed by atoms with van der Waals surface area (Å²) in [5.74, 6) is 1.93. The number of nitrogens with one attached hydrogen (secondary N) is 1. The van der Waals surface area contributed by atoms with Gasteiger partial charge in [0.15, 0.2) is 18.2 Å². The highest BCUT2D eigenvalue weighted by molar-refractivity contribution is 6.04. The number of hydrogen-bond donors (Lipinski definition) is 1. The maximum atomic E-state index is 12.2. The average Bonchev–Trinajstić information content (AvgIpc) is 2.54. The number of ether oxygens (including phenoxy) is 2. The molecule has 0 spiro atoms. The standard InChI is InChI=1S/C15H13N3O3/c19-14-9-21-12-4-2-1-3-11(12)18(14)10-7-13-15(17-8-10)16-5-6-20-13/h1-4,7-8H,5-6,9H2,(H,16,17). The molecule has 1 aromatic heterocycles. The van der Waals surface area contributed by atoms with Crippen LogP contribution >= 0.6 is 0 Å². The van der Waals surface area contributed by atoms with Gasteiger partial charge in [-0.1, -0.05) is 12.1 Å². The largest absolute Gasteiger partial charge is 0.488 e. The lowest BCUT2D eigenvalue weighted by Crippen LogP contribution is -2.35. The zero-order valence-electron chi connectivity index (χ0n) is 11.2. The van der Waals surface area contributed by atoms with Gasteiger partial charge < -0.3 is 14.8 Å².